The van der Waals surface area contributed by atoms with E-state index in [0.717, 1.165) is 11.1 Å². The lowest BCUT2D eigenvalue weighted by Gasteiger charge is -2.15. The van der Waals surface area contributed by atoms with Gasteiger partial charge in [0.05, 0.1) is 5.56 Å². The number of carbonyl (C=O) groups is 3. The number of aromatic hydroxyl groups is 1. The Morgan fingerprint density at radius 1 is 1.07 bits per heavy atom. The van der Waals surface area contributed by atoms with Crippen molar-refractivity contribution >= 4 is 17.8 Å². The van der Waals surface area contributed by atoms with E-state index in [9.17, 15) is 24.6 Å². The Hall–Kier alpha value is -3.35. The quantitative estimate of drug-likeness (QED) is 0.564. The zero-order valence-electron chi connectivity index (χ0n) is 14.9. The molecule has 0 fully saturated rings. The normalized spacial score (nSPS) is 11.4. The van der Waals surface area contributed by atoms with E-state index < -0.39 is 23.8 Å². The predicted molar refractivity (Wildman–Crippen MR) is 99.5 cm³/mol. The molecule has 2 aromatic rings. The average molecular weight is 370 g/mol. The molecular weight excluding hydrogens is 348 g/mol. The van der Waals surface area contributed by atoms with Gasteiger partial charge < -0.3 is 20.8 Å². The second-order valence-electron chi connectivity index (χ2n) is 6.17. The Morgan fingerprint density at radius 2 is 1.78 bits per heavy atom. The number of benzene rings is 2. The second-order valence-corrected chi connectivity index (χ2v) is 6.17. The van der Waals surface area contributed by atoms with Gasteiger partial charge in [-0.15, -0.1) is 0 Å². The molecule has 7 heteroatoms. The van der Waals surface area contributed by atoms with Gasteiger partial charge in [-0.1, -0.05) is 36.4 Å². The Morgan fingerprint density at radius 3 is 2.41 bits per heavy atom. The topological polar surface area (TPSA) is 116 Å². The molecule has 0 aromatic heterocycles. The van der Waals surface area contributed by atoms with Gasteiger partial charge in [-0.25, -0.2) is 4.79 Å². The maximum Gasteiger partial charge on any atom is 0.326 e. The summed E-state index contributed by atoms with van der Waals surface area (Å²) in [6, 6.07) is 12.6. The highest BCUT2D eigenvalue weighted by atomic mass is 16.4. The van der Waals surface area contributed by atoms with Crippen molar-refractivity contribution in [3.63, 3.8) is 0 Å². The number of phenolic OH excluding ortho intramolecular Hbond substituents is 1. The van der Waals surface area contributed by atoms with Crippen molar-refractivity contribution in [2.45, 2.75) is 25.8 Å². The van der Waals surface area contributed by atoms with Crippen LogP contribution in [0.25, 0.3) is 0 Å². The molecule has 0 heterocycles. The third-order valence-electron chi connectivity index (χ3n) is 3.95. The van der Waals surface area contributed by atoms with Gasteiger partial charge >= 0.3 is 5.97 Å². The third-order valence-corrected chi connectivity index (χ3v) is 3.95. The van der Waals surface area contributed by atoms with Gasteiger partial charge in [-0.3, -0.25) is 9.59 Å². The summed E-state index contributed by atoms with van der Waals surface area (Å²) in [5.41, 5.74) is 1.74. The summed E-state index contributed by atoms with van der Waals surface area (Å²) in [4.78, 5) is 35.4. The van der Waals surface area contributed by atoms with Gasteiger partial charge in [-0.2, -0.15) is 0 Å². The predicted octanol–water partition coefficient (Wildman–Crippen LogP) is 1.63. The van der Waals surface area contributed by atoms with Crippen LogP contribution in [-0.2, 0) is 16.0 Å². The van der Waals surface area contributed by atoms with Crippen molar-refractivity contribution in [1.82, 2.24) is 10.6 Å². The SMILES string of the molecule is Cc1ccc(C(=O)NCCC(=O)N[C@@H](Cc2ccccc2)C(=O)O)c(O)c1. The Kier molecular flexibility index (Phi) is 6.93. The maximum atomic E-state index is 12.0. The largest absolute Gasteiger partial charge is 0.507 e. The number of carbonyl (C=O) groups excluding carboxylic acids is 2. The molecule has 2 amide bonds. The van der Waals surface area contributed by atoms with E-state index in [1.165, 1.54) is 12.1 Å². The summed E-state index contributed by atoms with van der Waals surface area (Å²) in [5, 5.41) is 24.1. The summed E-state index contributed by atoms with van der Waals surface area (Å²) < 4.78 is 0. The molecular formula is C20H22N2O5. The van der Waals surface area contributed by atoms with E-state index in [0.29, 0.717) is 0 Å². The number of aliphatic carboxylic acids is 1. The summed E-state index contributed by atoms with van der Waals surface area (Å²) in [5.74, 6) is -2.24. The van der Waals surface area contributed by atoms with Crippen LogP contribution in [0.2, 0.25) is 0 Å². The van der Waals surface area contributed by atoms with Crippen molar-refractivity contribution < 1.29 is 24.6 Å². The molecule has 0 saturated carbocycles. The first-order valence-electron chi connectivity index (χ1n) is 8.50. The molecule has 27 heavy (non-hydrogen) atoms. The average Bonchev–Trinajstić information content (AvgIpc) is 2.61. The monoisotopic (exact) mass is 370 g/mol. The summed E-state index contributed by atoms with van der Waals surface area (Å²) in [6.45, 7) is 1.82. The minimum Gasteiger partial charge on any atom is -0.507 e. The van der Waals surface area contributed by atoms with Crippen molar-refractivity contribution in [3.8, 4) is 5.75 Å². The van der Waals surface area contributed by atoms with Crippen LogP contribution in [0.4, 0.5) is 0 Å². The number of carboxylic acid groups (broad SMARTS) is 1. The molecule has 0 aliphatic carbocycles. The van der Waals surface area contributed by atoms with Gasteiger partial charge in [0.15, 0.2) is 0 Å². The Bertz CT molecular complexity index is 820. The lowest BCUT2D eigenvalue weighted by Crippen LogP contribution is -2.43. The number of nitrogens with one attached hydrogen (secondary N) is 2. The molecule has 2 rings (SSSR count). The van der Waals surface area contributed by atoms with E-state index in [1.54, 1.807) is 37.3 Å². The van der Waals surface area contributed by atoms with E-state index in [-0.39, 0.29) is 30.7 Å². The highest BCUT2D eigenvalue weighted by Crippen LogP contribution is 2.18. The van der Waals surface area contributed by atoms with E-state index in [1.807, 2.05) is 6.07 Å². The number of carboxylic acids is 1. The highest BCUT2D eigenvalue weighted by Gasteiger charge is 2.20. The summed E-state index contributed by atoms with van der Waals surface area (Å²) in [6.07, 6.45) is 0.0996. The van der Waals surface area contributed by atoms with Crippen LogP contribution >= 0.6 is 0 Å². The second kappa shape index (κ2) is 9.38. The van der Waals surface area contributed by atoms with E-state index in [4.69, 9.17) is 0 Å². The Balaban J connectivity index is 1.83. The van der Waals surface area contributed by atoms with Crippen molar-refractivity contribution in [2.75, 3.05) is 6.54 Å². The van der Waals surface area contributed by atoms with Gasteiger partial charge in [0, 0.05) is 19.4 Å². The zero-order valence-corrected chi connectivity index (χ0v) is 14.9. The fourth-order valence-corrected chi connectivity index (χ4v) is 2.53. The molecule has 0 unspecified atom stereocenters. The minimum atomic E-state index is -1.12. The van der Waals surface area contributed by atoms with Crippen LogP contribution in [-0.4, -0.2) is 40.6 Å². The van der Waals surface area contributed by atoms with Crippen molar-refractivity contribution in [3.05, 3.63) is 65.2 Å². The van der Waals surface area contributed by atoms with E-state index in [2.05, 4.69) is 10.6 Å². The first-order chi connectivity index (χ1) is 12.9. The number of rotatable bonds is 8. The standard InChI is InChI=1S/C20H22N2O5/c1-13-7-8-15(17(23)11-13)19(25)21-10-9-18(24)22-16(20(26)27)12-14-5-3-2-4-6-14/h2-8,11,16,23H,9-10,12H2,1H3,(H,21,25)(H,22,24)(H,26,27)/t16-/m0/s1. The molecule has 4 N–H and O–H groups in total. The fourth-order valence-electron chi connectivity index (χ4n) is 2.53. The van der Waals surface area contributed by atoms with Gasteiger partial charge in [0.25, 0.3) is 5.91 Å². The molecule has 0 radical (unpaired) electrons. The number of amides is 2. The summed E-state index contributed by atoms with van der Waals surface area (Å²) >= 11 is 0. The maximum absolute atomic E-state index is 12.0. The molecule has 0 aliphatic rings. The minimum absolute atomic E-state index is 0.0235. The first kappa shape index (κ1) is 20.0. The van der Waals surface area contributed by atoms with Crippen LogP contribution < -0.4 is 10.6 Å². The Labute approximate surface area is 157 Å². The summed E-state index contributed by atoms with van der Waals surface area (Å²) in [7, 11) is 0. The smallest absolute Gasteiger partial charge is 0.326 e. The van der Waals surface area contributed by atoms with Crippen molar-refractivity contribution in [1.29, 1.82) is 0 Å². The number of aryl methyl sites for hydroxylation is 1. The fraction of sp³-hybridized carbons (Fsp3) is 0.250. The molecule has 7 nitrogen and oxygen atoms in total. The molecule has 0 bridgehead atoms. The van der Waals surface area contributed by atoms with Crippen LogP contribution in [0.1, 0.15) is 27.9 Å². The van der Waals surface area contributed by atoms with Gasteiger partial charge in [0.2, 0.25) is 5.91 Å². The van der Waals surface area contributed by atoms with Crippen LogP contribution in [0.3, 0.4) is 0 Å². The van der Waals surface area contributed by atoms with Gasteiger partial charge in [0.1, 0.15) is 11.8 Å². The van der Waals surface area contributed by atoms with Crippen LogP contribution in [0.5, 0.6) is 5.75 Å². The molecule has 0 spiro atoms. The van der Waals surface area contributed by atoms with Crippen LogP contribution in [0.15, 0.2) is 48.5 Å². The van der Waals surface area contributed by atoms with Gasteiger partial charge in [-0.05, 0) is 30.2 Å². The number of hydrogen-bond donors (Lipinski definition) is 4. The van der Waals surface area contributed by atoms with Crippen LogP contribution in [0, 0.1) is 6.92 Å². The third kappa shape index (κ3) is 6.14. The lowest BCUT2D eigenvalue weighted by molar-refractivity contribution is -0.141. The first-order valence-corrected chi connectivity index (χ1v) is 8.50. The molecule has 0 saturated heterocycles. The highest BCUT2D eigenvalue weighted by molar-refractivity contribution is 5.97. The number of hydrogen-bond acceptors (Lipinski definition) is 4. The molecule has 2 aromatic carbocycles. The zero-order chi connectivity index (χ0) is 19.8. The number of phenols is 1. The molecule has 0 aliphatic heterocycles. The lowest BCUT2D eigenvalue weighted by atomic mass is 10.1. The molecule has 1 atom stereocenters. The molecule has 142 valence electrons. The van der Waals surface area contributed by atoms with E-state index >= 15 is 0 Å². The van der Waals surface area contributed by atoms with Crippen molar-refractivity contribution in [2.24, 2.45) is 0 Å².